The Bertz CT molecular complexity index is 1150. The molecule has 0 amide bonds. The standard InChI is InChI=1S/C34H54O9/c1-7-8-9-10-11-21(2)14-23(4)16-24(19-35)15-22(3)12-13-28(39)34(5,6)29-18-26(37)30(33(41)43-29)32-31(40)27(38)17-25(20-36)42-32/h12-13,15-16,18,21,24-25,27-28,31-32,35-40H,7-11,14,17,19-20H2,1-6H3/t21-,24-,25+,27-,28-,31+,32-/m0/s1. The molecule has 7 atom stereocenters. The third-order valence-electron chi connectivity index (χ3n) is 8.33. The lowest BCUT2D eigenvalue weighted by atomic mass is 9.82. The van der Waals surface area contributed by atoms with E-state index in [4.69, 9.17) is 9.15 Å². The summed E-state index contributed by atoms with van der Waals surface area (Å²) in [6, 6.07) is 1.20. The molecule has 1 aliphatic rings. The Morgan fingerprint density at radius 3 is 2.44 bits per heavy atom. The molecule has 0 unspecified atom stereocenters. The van der Waals surface area contributed by atoms with E-state index in [-0.39, 0.29) is 30.3 Å². The molecule has 43 heavy (non-hydrogen) atoms. The number of unbranched alkanes of at least 4 members (excludes halogenated alkanes) is 3. The molecule has 9 heteroatoms. The summed E-state index contributed by atoms with van der Waals surface area (Å²) in [5.74, 6) is -0.0686. The van der Waals surface area contributed by atoms with E-state index in [1.807, 2.05) is 13.0 Å². The molecule has 1 saturated heterocycles. The van der Waals surface area contributed by atoms with Gasteiger partial charge in [0.1, 0.15) is 29.3 Å². The van der Waals surface area contributed by atoms with Gasteiger partial charge in [-0.3, -0.25) is 0 Å². The van der Waals surface area contributed by atoms with Gasteiger partial charge in [-0.25, -0.2) is 4.79 Å². The molecular weight excluding hydrogens is 552 g/mol. The Balaban J connectivity index is 2.14. The van der Waals surface area contributed by atoms with Crippen LogP contribution in [-0.2, 0) is 10.2 Å². The summed E-state index contributed by atoms with van der Waals surface area (Å²) >= 11 is 0. The lowest BCUT2D eigenvalue weighted by Gasteiger charge is -2.36. The molecule has 1 aliphatic heterocycles. The molecule has 0 spiro atoms. The highest BCUT2D eigenvalue weighted by Crippen LogP contribution is 2.37. The summed E-state index contributed by atoms with van der Waals surface area (Å²) in [5, 5.41) is 61.7. The lowest BCUT2D eigenvalue weighted by molar-refractivity contribution is -0.180. The maximum Gasteiger partial charge on any atom is 0.345 e. The molecule has 244 valence electrons. The number of aliphatic hydroxyl groups is 5. The topological polar surface area (TPSA) is 161 Å². The van der Waals surface area contributed by atoms with Crippen LogP contribution >= 0.6 is 0 Å². The average molecular weight is 607 g/mol. The van der Waals surface area contributed by atoms with Crippen LogP contribution < -0.4 is 5.63 Å². The first-order valence-electron chi connectivity index (χ1n) is 15.6. The van der Waals surface area contributed by atoms with Crippen LogP contribution in [0.2, 0.25) is 0 Å². The normalized spacial score (nSPS) is 24.3. The third kappa shape index (κ3) is 10.7. The molecular formula is C34H54O9. The highest BCUT2D eigenvalue weighted by molar-refractivity contribution is 5.36. The first-order valence-corrected chi connectivity index (χ1v) is 15.6. The summed E-state index contributed by atoms with van der Waals surface area (Å²) in [4.78, 5) is 12.9. The fourth-order valence-electron chi connectivity index (χ4n) is 5.56. The van der Waals surface area contributed by atoms with Crippen molar-refractivity contribution >= 4 is 0 Å². The van der Waals surface area contributed by atoms with Crippen LogP contribution in [0.5, 0.6) is 5.75 Å². The van der Waals surface area contributed by atoms with Gasteiger partial charge in [0.2, 0.25) is 0 Å². The number of aromatic hydroxyl groups is 1. The summed E-state index contributed by atoms with van der Waals surface area (Å²) in [6.45, 7) is 11.3. The zero-order valence-corrected chi connectivity index (χ0v) is 26.7. The van der Waals surface area contributed by atoms with E-state index in [0.29, 0.717) is 5.92 Å². The molecule has 0 saturated carbocycles. The molecule has 0 radical (unpaired) electrons. The van der Waals surface area contributed by atoms with Crippen molar-refractivity contribution in [2.75, 3.05) is 13.2 Å². The average Bonchev–Trinajstić information content (AvgIpc) is 2.95. The predicted molar refractivity (Wildman–Crippen MR) is 167 cm³/mol. The van der Waals surface area contributed by atoms with Crippen molar-refractivity contribution in [1.82, 2.24) is 0 Å². The van der Waals surface area contributed by atoms with Gasteiger partial charge in [-0.1, -0.05) is 81.4 Å². The van der Waals surface area contributed by atoms with Crippen molar-refractivity contribution in [2.24, 2.45) is 11.8 Å². The van der Waals surface area contributed by atoms with Crippen molar-refractivity contribution in [3.8, 4) is 5.75 Å². The van der Waals surface area contributed by atoms with Gasteiger partial charge in [0.15, 0.2) is 0 Å². The quantitative estimate of drug-likeness (QED) is 0.0899. The second-order valence-electron chi connectivity index (χ2n) is 12.8. The Hall–Kier alpha value is -2.27. The molecule has 0 aliphatic carbocycles. The lowest BCUT2D eigenvalue weighted by Crippen LogP contribution is -2.46. The van der Waals surface area contributed by atoms with Crippen LogP contribution in [0, 0.1) is 11.8 Å². The number of aliphatic hydroxyl groups excluding tert-OH is 5. The van der Waals surface area contributed by atoms with Crippen LogP contribution in [0.3, 0.4) is 0 Å². The highest BCUT2D eigenvalue weighted by atomic mass is 16.5. The maximum atomic E-state index is 12.9. The minimum atomic E-state index is -1.50. The van der Waals surface area contributed by atoms with Gasteiger partial charge in [0.25, 0.3) is 0 Å². The minimum Gasteiger partial charge on any atom is -0.507 e. The van der Waals surface area contributed by atoms with Crippen LogP contribution in [0.1, 0.15) is 104 Å². The first kappa shape index (κ1) is 36.9. The second-order valence-corrected chi connectivity index (χ2v) is 12.8. The van der Waals surface area contributed by atoms with Crippen LogP contribution in [0.25, 0.3) is 0 Å². The number of allylic oxidation sites excluding steroid dienone is 3. The maximum absolute atomic E-state index is 12.9. The van der Waals surface area contributed by atoms with E-state index in [1.54, 1.807) is 26.0 Å². The minimum absolute atomic E-state index is 0.0118. The summed E-state index contributed by atoms with van der Waals surface area (Å²) < 4.78 is 11.0. The van der Waals surface area contributed by atoms with Gasteiger partial charge in [-0.05, 0) is 40.0 Å². The molecule has 6 N–H and O–H groups in total. The van der Waals surface area contributed by atoms with Crippen molar-refractivity contribution in [3.05, 3.63) is 63.3 Å². The Morgan fingerprint density at radius 1 is 1.14 bits per heavy atom. The SMILES string of the molecule is CCCCCC[C@H](C)CC(C)=C[C@H](C=C(C)C=C[C@H](O)C(C)(C)c1cc(O)c([C@@H]2O[C@@H](CO)C[C@H](O)[C@H]2O)c(=O)o1)CO. The van der Waals surface area contributed by atoms with Crippen LogP contribution in [0.4, 0.5) is 0 Å². The van der Waals surface area contributed by atoms with E-state index in [1.165, 1.54) is 43.7 Å². The summed E-state index contributed by atoms with van der Waals surface area (Å²) in [6.07, 6.45) is 8.44. The fourth-order valence-corrected chi connectivity index (χ4v) is 5.56. The van der Waals surface area contributed by atoms with Gasteiger partial charge in [-0.15, -0.1) is 0 Å². The summed E-state index contributed by atoms with van der Waals surface area (Å²) in [5.41, 5.74) is -0.399. The predicted octanol–water partition coefficient (Wildman–Crippen LogP) is 4.58. The fraction of sp³-hybridized carbons (Fsp3) is 0.676. The van der Waals surface area contributed by atoms with E-state index >= 15 is 0 Å². The smallest absolute Gasteiger partial charge is 0.345 e. The van der Waals surface area contributed by atoms with Gasteiger partial charge in [-0.2, -0.15) is 0 Å². The number of ether oxygens (including phenoxy) is 1. The molecule has 0 aromatic carbocycles. The molecule has 2 rings (SSSR count). The Kier molecular flexibility index (Phi) is 14.8. The van der Waals surface area contributed by atoms with Crippen LogP contribution in [-0.4, -0.2) is 68.3 Å². The zero-order chi connectivity index (χ0) is 32.3. The van der Waals surface area contributed by atoms with Gasteiger partial charge in [0.05, 0.1) is 36.9 Å². The number of hydrogen-bond acceptors (Lipinski definition) is 9. The van der Waals surface area contributed by atoms with E-state index in [9.17, 15) is 35.4 Å². The molecule has 0 bridgehead atoms. The Labute approximate surface area is 256 Å². The second kappa shape index (κ2) is 17.3. The molecule has 2 heterocycles. The Morgan fingerprint density at radius 2 is 1.84 bits per heavy atom. The molecule has 1 aromatic heterocycles. The zero-order valence-electron chi connectivity index (χ0n) is 26.7. The van der Waals surface area contributed by atoms with E-state index < -0.39 is 53.9 Å². The third-order valence-corrected chi connectivity index (χ3v) is 8.33. The van der Waals surface area contributed by atoms with Gasteiger partial charge in [0, 0.05) is 18.4 Å². The highest BCUT2D eigenvalue weighted by Gasteiger charge is 2.41. The van der Waals surface area contributed by atoms with Crippen molar-refractivity contribution < 1.29 is 39.8 Å². The largest absolute Gasteiger partial charge is 0.507 e. The van der Waals surface area contributed by atoms with Crippen molar-refractivity contribution in [3.63, 3.8) is 0 Å². The molecule has 9 nitrogen and oxygen atoms in total. The van der Waals surface area contributed by atoms with E-state index in [2.05, 4.69) is 26.8 Å². The molecule has 1 aromatic rings. The van der Waals surface area contributed by atoms with Crippen LogP contribution in [0.15, 0.2) is 50.7 Å². The summed E-state index contributed by atoms with van der Waals surface area (Å²) in [7, 11) is 0. The van der Waals surface area contributed by atoms with Crippen molar-refractivity contribution in [1.29, 1.82) is 0 Å². The van der Waals surface area contributed by atoms with Crippen molar-refractivity contribution in [2.45, 2.75) is 122 Å². The van der Waals surface area contributed by atoms with Gasteiger partial charge >= 0.3 is 5.63 Å². The monoisotopic (exact) mass is 606 g/mol. The first-order chi connectivity index (χ1) is 20.2. The van der Waals surface area contributed by atoms with Gasteiger partial charge < -0.3 is 39.8 Å². The number of rotatable bonds is 16. The van der Waals surface area contributed by atoms with E-state index in [0.717, 1.165) is 12.0 Å². The number of hydrogen-bond donors (Lipinski definition) is 6. The molecule has 1 fully saturated rings.